The van der Waals surface area contributed by atoms with E-state index in [1.165, 1.54) is 18.4 Å². The second-order valence-electron chi connectivity index (χ2n) is 10.8. The van der Waals surface area contributed by atoms with E-state index in [4.69, 9.17) is 4.74 Å². The van der Waals surface area contributed by atoms with Crippen LogP contribution in [0.2, 0.25) is 0 Å². The van der Waals surface area contributed by atoms with Crippen molar-refractivity contribution in [2.45, 2.75) is 58.2 Å². The van der Waals surface area contributed by atoms with E-state index in [0.717, 1.165) is 45.5 Å². The minimum Gasteiger partial charge on any atom is -0.497 e. The Morgan fingerprint density at radius 1 is 1.03 bits per heavy atom. The number of aromatic carboxylic acids is 1. The molecule has 3 aromatic carbocycles. The summed E-state index contributed by atoms with van der Waals surface area (Å²) in [5, 5.41) is 15.0. The highest BCUT2D eigenvalue weighted by atomic mass is 35.5. The Bertz CT molecular complexity index is 1410. The van der Waals surface area contributed by atoms with E-state index < -0.39 is 5.97 Å². The predicted octanol–water partition coefficient (Wildman–Crippen LogP) is 7.03. The lowest BCUT2D eigenvalue weighted by molar-refractivity contribution is 0.0687. The fourth-order valence-corrected chi connectivity index (χ4v) is 4.83. The van der Waals surface area contributed by atoms with E-state index in [2.05, 4.69) is 68.6 Å². The first-order valence-electron chi connectivity index (χ1n) is 12.6. The molecule has 1 saturated carbocycles. The summed E-state index contributed by atoms with van der Waals surface area (Å²) in [7, 11) is 1.64. The number of hydrogen-bond acceptors (Lipinski definition) is 3. The van der Waals surface area contributed by atoms with Crippen LogP contribution in [0.25, 0.3) is 22.0 Å². The number of rotatable bonds is 8. The van der Waals surface area contributed by atoms with Gasteiger partial charge in [-0.2, -0.15) is 0 Å². The maximum atomic E-state index is 12.8. The van der Waals surface area contributed by atoms with Gasteiger partial charge in [-0.05, 0) is 64.8 Å². The lowest BCUT2D eigenvalue weighted by atomic mass is 9.86. The Labute approximate surface area is 224 Å². The number of nitrogens with zero attached hydrogens (tertiary/aromatic N) is 1. The smallest absolute Gasteiger partial charge is 0.353 e. The van der Waals surface area contributed by atoms with Crippen molar-refractivity contribution in [3.63, 3.8) is 0 Å². The summed E-state index contributed by atoms with van der Waals surface area (Å²) in [6, 6.07) is 23.1. The second kappa shape index (κ2) is 10.6. The van der Waals surface area contributed by atoms with Gasteiger partial charge in [0.2, 0.25) is 0 Å². The van der Waals surface area contributed by atoms with Crippen LogP contribution in [0.3, 0.4) is 0 Å². The molecule has 4 aromatic rings. The van der Waals surface area contributed by atoms with Crippen LogP contribution in [0, 0.1) is 0 Å². The molecule has 37 heavy (non-hydrogen) atoms. The van der Waals surface area contributed by atoms with Gasteiger partial charge in [-0.15, -0.1) is 12.4 Å². The van der Waals surface area contributed by atoms with Gasteiger partial charge >= 0.3 is 5.97 Å². The Balaban J connectivity index is 0.00000320. The molecule has 1 aliphatic rings. The predicted molar refractivity (Wildman–Crippen MR) is 152 cm³/mol. The van der Waals surface area contributed by atoms with E-state index in [1.807, 2.05) is 28.8 Å². The zero-order valence-electron chi connectivity index (χ0n) is 21.9. The number of carbonyl (C=O) groups is 1. The summed E-state index contributed by atoms with van der Waals surface area (Å²) in [5.74, 6) is -0.172. The summed E-state index contributed by atoms with van der Waals surface area (Å²) in [6.07, 6.45) is 2.46. The Morgan fingerprint density at radius 2 is 1.76 bits per heavy atom. The molecule has 2 N–H and O–H groups in total. The summed E-state index contributed by atoms with van der Waals surface area (Å²) in [4.78, 5) is 12.8. The highest BCUT2D eigenvalue weighted by Gasteiger charge is 2.25. The first kappa shape index (κ1) is 26.8. The van der Waals surface area contributed by atoms with Crippen LogP contribution in [0.4, 0.5) is 0 Å². The van der Waals surface area contributed by atoms with Crippen LogP contribution in [0.5, 0.6) is 5.75 Å². The maximum Gasteiger partial charge on any atom is 0.353 e. The average molecular weight is 519 g/mol. The molecule has 194 valence electrons. The van der Waals surface area contributed by atoms with E-state index in [-0.39, 0.29) is 17.8 Å². The molecule has 1 aliphatic carbocycles. The van der Waals surface area contributed by atoms with Crippen molar-refractivity contribution >= 4 is 29.3 Å². The molecule has 6 heteroatoms. The molecule has 0 amide bonds. The normalized spacial score (nSPS) is 13.4. The molecule has 0 bridgehead atoms. The fraction of sp³-hybridized carbons (Fsp3) is 0.323. The van der Waals surface area contributed by atoms with Gasteiger partial charge < -0.3 is 19.7 Å². The maximum absolute atomic E-state index is 12.8. The minimum absolute atomic E-state index is 0. The van der Waals surface area contributed by atoms with Gasteiger partial charge in [0.15, 0.2) is 0 Å². The number of nitrogens with one attached hydrogen (secondary N) is 1. The van der Waals surface area contributed by atoms with Crippen LogP contribution in [-0.2, 0) is 18.5 Å². The molecule has 5 rings (SSSR count). The van der Waals surface area contributed by atoms with Gasteiger partial charge in [-0.25, -0.2) is 4.79 Å². The molecule has 0 atom stereocenters. The second-order valence-corrected chi connectivity index (χ2v) is 10.8. The van der Waals surface area contributed by atoms with E-state index in [9.17, 15) is 9.90 Å². The lowest BCUT2D eigenvalue weighted by Gasteiger charge is -2.19. The minimum atomic E-state index is -0.929. The molecular formula is C31H35ClN2O3. The molecule has 0 unspecified atom stereocenters. The van der Waals surface area contributed by atoms with Gasteiger partial charge in [0.25, 0.3) is 0 Å². The van der Waals surface area contributed by atoms with Gasteiger partial charge in [-0.1, -0.05) is 63.2 Å². The quantitative estimate of drug-likeness (QED) is 0.263. The van der Waals surface area contributed by atoms with Crippen LogP contribution >= 0.6 is 12.4 Å². The number of benzene rings is 3. The Hall–Kier alpha value is -3.28. The van der Waals surface area contributed by atoms with Gasteiger partial charge in [0.1, 0.15) is 11.4 Å². The van der Waals surface area contributed by atoms with Crippen molar-refractivity contribution in [2.75, 3.05) is 7.11 Å². The van der Waals surface area contributed by atoms with Crippen LogP contribution in [0.1, 0.15) is 60.8 Å². The number of halogens is 1. The monoisotopic (exact) mass is 518 g/mol. The number of methoxy groups -OCH3 is 1. The van der Waals surface area contributed by atoms with Gasteiger partial charge in [0, 0.05) is 35.6 Å². The van der Waals surface area contributed by atoms with Gasteiger partial charge in [0.05, 0.1) is 7.11 Å². The molecule has 1 fully saturated rings. The van der Waals surface area contributed by atoms with Crippen molar-refractivity contribution < 1.29 is 14.6 Å². The fourth-order valence-electron chi connectivity index (χ4n) is 4.83. The Morgan fingerprint density at radius 3 is 2.38 bits per heavy atom. The SMILES string of the molecule is COc1cccc(Cn2c(C(=O)O)c(-c3ccc(C(C)(C)C)cc3)c3cc(CNC4CC4)ccc32)c1.Cl. The van der Waals surface area contributed by atoms with Crippen molar-refractivity contribution in [1.82, 2.24) is 9.88 Å². The first-order valence-corrected chi connectivity index (χ1v) is 12.6. The standard InChI is InChI=1S/C31H34N2O3.ClH/c1-31(2,3)23-11-9-22(10-12-23)28-26-17-20(18-32-24-13-14-24)8-15-27(26)33(29(28)30(34)35)19-21-6-5-7-25(16-21)36-4;/h5-12,15-17,24,32H,13-14,18-19H2,1-4H3,(H,34,35);1H. The third kappa shape index (κ3) is 5.68. The highest BCUT2D eigenvalue weighted by molar-refractivity contribution is 6.08. The number of hydrogen-bond donors (Lipinski definition) is 2. The lowest BCUT2D eigenvalue weighted by Crippen LogP contribution is -2.15. The number of ether oxygens (including phenoxy) is 1. The van der Waals surface area contributed by atoms with Crippen molar-refractivity contribution in [3.8, 4) is 16.9 Å². The highest BCUT2D eigenvalue weighted by Crippen LogP contribution is 2.37. The zero-order chi connectivity index (χ0) is 25.4. The molecule has 0 saturated heterocycles. The first-order chi connectivity index (χ1) is 17.2. The number of fused-ring (bicyclic) bond motifs is 1. The van der Waals surface area contributed by atoms with Crippen LogP contribution < -0.4 is 10.1 Å². The number of carboxylic acid groups (broad SMARTS) is 1. The third-order valence-electron chi connectivity index (χ3n) is 7.02. The summed E-state index contributed by atoms with van der Waals surface area (Å²) < 4.78 is 7.33. The van der Waals surface area contributed by atoms with Crippen molar-refractivity contribution in [2.24, 2.45) is 0 Å². The van der Waals surface area contributed by atoms with Gasteiger partial charge in [-0.3, -0.25) is 0 Å². The number of aromatic nitrogens is 1. The molecular weight excluding hydrogens is 484 g/mol. The molecule has 0 spiro atoms. The third-order valence-corrected chi connectivity index (χ3v) is 7.02. The van der Waals surface area contributed by atoms with Crippen molar-refractivity contribution in [3.05, 3.63) is 89.1 Å². The molecule has 0 radical (unpaired) electrons. The van der Waals surface area contributed by atoms with E-state index in [1.54, 1.807) is 7.11 Å². The summed E-state index contributed by atoms with van der Waals surface area (Å²) in [6.45, 7) is 7.78. The van der Waals surface area contributed by atoms with Crippen molar-refractivity contribution in [1.29, 1.82) is 0 Å². The summed E-state index contributed by atoms with van der Waals surface area (Å²) >= 11 is 0. The van der Waals surface area contributed by atoms with E-state index in [0.29, 0.717) is 18.3 Å². The topological polar surface area (TPSA) is 63.5 Å². The van der Waals surface area contributed by atoms with E-state index >= 15 is 0 Å². The number of carboxylic acids is 1. The molecule has 0 aliphatic heterocycles. The van der Waals surface area contributed by atoms with Crippen LogP contribution in [0.15, 0.2) is 66.7 Å². The zero-order valence-corrected chi connectivity index (χ0v) is 22.7. The largest absolute Gasteiger partial charge is 0.497 e. The molecule has 1 heterocycles. The molecule has 5 nitrogen and oxygen atoms in total. The summed E-state index contributed by atoms with van der Waals surface area (Å²) in [5.41, 5.74) is 6.31. The average Bonchev–Trinajstić information content (AvgIpc) is 3.64. The Kier molecular flexibility index (Phi) is 7.67. The van der Waals surface area contributed by atoms with Crippen LogP contribution in [-0.4, -0.2) is 28.8 Å². The molecule has 1 aromatic heterocycles.